The number of morpholine rings is 1. The summed E-state index contributed by atoms with van der Waals surface area (Å²) >= 11 is 0. The van der Waals surface area contributed by atoms with Crippen LogP contribution in [0.15, 0.2) is 0 Å². The Morgan fingerprint density at radius 2 is 2.25 bits per heavy atom. The monoisotopic (exact) mass is 167 g/mol. The lowest BCUT2D eigenvalue weighted by atomic mass is 10.2. The predicted molar refractivity (Wildman–Crippen MR) is 42.6 cm³/mol. The maximum atomic E-state index is 11.7. The molecule has 0 radical (unpaired) electrons. The number of hydrogen-bond acceptors (Lipinski definition) is 2. The van der Waals surface area contributed by atoms with Crippen LogP contribution in [-0.4, -0.2) is 36.1 Å². The molecule has 2 aliphatic heterocycles. The highest BCUT2D eigenvalue weighted by atomic mass is 16.5. The zero-order valence-corrected chi connectivity index (χ0v) is 7.03. The van der Waals surface area contributed by atoms with Crippen molar-refractivity contribution < 1.29 is 9.53 Å². The number of hydrogen-bond donors (Lipinski definition) is 0. The summed E-state index contributed by atoms with van der Waals surface area (Å²) in [5.41, 5.74) is 0. The van der Waals surface area contributed by atoms with Gasteiger partial charge in [-0.1, -0.05) is 0 Å². The van der Waals surface area contributed by atoms with E-state index in [4.69, 9.17) is 4.74 Å². The molecular weight excluding hydrogens is 154 g/mol. The maximum absolute atomic E-state index is 11.7. The van der Waals surface area contributed by atoms with Crippen LogP contribution in [0.3, 0.4) is 0 Å². The van der Waals surface area contributed by atoms with Gasteiger partial charge in [-0.05, 0) is 19.3 Å². The Morgan fingerprint density at radius 1 is 1.42 bits per heavy atom. The number of nitrogens with zero attached hydrogens (tertiary/aromatic N) is 1. The first-order valence-electron chi connectivity index (χ1n) is 4.76. The Labute approximate surface area is 71.7 Å². The van der Waals surface area contributed by atoms with Gasteiger partial charge in [0.1, 0.15) is 0 Å². The number of ether oxygens (including phenoxy) is 1. The van der Waals surface area contributed by atoms with E-state index in [-0.39, 0.29) is 0 Å². The number of fused-ring (bicyclic) bond motifs is 2. The average Bonchev–Trinajstić information content (AvgIpc) is 2.73. The van der Waals surface area contributed by atoms with E-state index < -0.39 is 0 Å². The summed E-state index contributed by atoms with van der Waals surface area (Å²) in [6.45, 7) is 1.64. The van der Waals surface area contributed by atoms with Gasteiger partial charge in [0.25, 0.3) is 0 Å². The number of carbonyl (C=O) groups excluding carboxylic acids is 1. The first-order valence-corrected chi connectivity index (χ1v) is 4.76. The van der Waals surface area contributed by atoms with Gasteiger partial charge in [-0.2, -0.15) is 0 Å². The van der Waals surface area contributed by atoms with Crippen LogP contribution < -0.4 is 0 Å². The number of likely N-dealkylation sites (tertiary alicyclic amines) is 1. The summed E-state index contributed by atoms with van der Waals surface area (Å²) in [5, 5.41) is 0. The minimum absolute atomic E-state index is 0.359. The molecule has 0 spiro atoms. The molecule has 3 nitrogen and oxygen atoms in total. The lowest BCUT2D eigenvalue weighted by Crippen LogP contribution is -2.42. The molecule has 2 atom stereocenters. The zero-order chi connectivity index (χ0) is 8.13. The normalized spacial score (nSPS) is 39.2. The second-order valence-electron chi connectivity index (χ2n) is 4.11. The smallest absolute Gasteiger partial charge is 0.226 e. The van der Waals surface area contributed by atoms with Crippen molar-refractivity contribution in [2.45, 2.75) is 31.4 Å². The third kappa shape index (κ3) is 0.891. The van der Waals surface area contributed by atoms with Gasteiger partial charge in [0, 0.05) is 12.5 Å². The third-order valence-electron chi connectivity index (χ3n) is 3.11. The highest BCUT2D eigenvalue weighted by Gasteiger charge is 2.45. The molecule has 0 aromatic rings. The van der Waals surface area contributed by atoms with E-state index in [0.29, 0.717) is 24.0 Å². The lowest BCUT2D eigenvalue weighted by Gasteiger charge is -2.26. The molecule has 3 aliphatic rings. The van der Waals surface area contributed by atoms with Crippen LogP contribution in [0.5, 0.6) is 0 Å². The van der Waals surface area contributed by atoms with Crippen LogP contribution in [-0.2, 0) is 9.53 Å². The van der Waals surface area contributed by atoms with Gasteiger partial charge < -0.3 is 9.64 Å². The summed E-state index contributed by atoms with van der Waals surface area (Å²) in [4.78, 5) is 13.7. The van der Waals surface area contributed by atoms with Crippen molar-refractivity contribution in [2.24, 2.45) is 5.92 Å². The van der Waals surface area contributed by atoms with Crippen molar-refractivity contribution in [3.63, 3.8) is 0 Å². The lowest BCUT2D eigenvalue weighted by molar-refractivity contribution is -0.137. The Balaban J connectivity index is 1.73. The maximum Gasteiger partial charge on any atom is 0.226 e. The molecule has 12 heavy (non-hydrogen) atoms. The quantitative estimate of drug-likeness (QED) is 0.565. The van der Waals surface area contributed by atoms with E-state index in [9.17, 15) is 4.79 Å². The molecule has 0 unspecified atom stereocenters. The van der Waals surface area contributed by atoms with Crippen molar-refractivity contribution in [3.8, 4) is 0 Å². The molecule has 1 aliphatic carbocycles. The fourth-order valence-electron chi connectivity index (χ4n) is 2.23. The van der Waals surface area contributed by atoms with E-state index in [1.807, 2.05) is 4.90 Å². The minimum atomic E-state index is 0.359. The first kappa shape index (κ1) is 6.89. The predicted octanol–water partition coefficient (Wildman–Crippen LogP) is 0.396. The SMILES string of the molecule is O=C(C1CC1)N1C[C@H]2C[C@H]1CO2. The van der Waals surface area contributed by atoms with Crippen LogP contribution in [0.1, 0.15) is 19.3 Å². The van der Waals surface area contributed by atoms with Gasteiger partial charge in [0.15, 0.2) is 0 Å². The van der Waals surface area contributed by atoms with E-state index in [2.05, 4.69) is 0 Å². The fraction of sp³-hybridized carbons (Fsp3) is 0.889. The minimum Gasteiger partial charge on any atom is -0.374 e. The van der Waals surface area contributed by atoms with Crippen LogP contribution >= 0.6 is 0 Å². The largest absolute Gasteiger partial charge is 0.374 e. The topological polar surface area (TPSA) is 29.5 Å². The summed E-state index contributed by atoms with van der Waals surface area (Å²) in [6, 6.07) is 0.420. The molecule has 3 rings (SSSR count). The molecule has 3 heteroatoms. The van der Waals surface area contributed by atoms with Crippen LogP contribution in [0.25, 0.3) is 0 Å². The van der Waals surface area contributed by atoms with Crippen molar-refractivity contribution >= 4 is 5.91 Å². The van der Waals surface area contributed by atoms with Crippen LogP contribution in [0.4, 0.5) is 0 Å². The molecule has 2 bridgehead atoms. The molecular formula is C9H13NO2. The number of rotatable bonds is 1. The molecule has 0 N–H and O–H groups in total. The Kier molecular flexibility index (Phi) is 1.28. The highest BCUT2D eigenvalue weighted by molar-refractivity contribution is 5.81. The Morgan fingerprint density at radius 3 is 2.75 bits per heavy atom. The highest BCUT2D eigenvalue weighted by Crippen LogP contribution is 2.36. The third-order valence-corrected chi connectivity index (χ3v) is 3.11. The number of amides is 1. The zero-order valence-electron chi connectivity index (χ0n) is 7.03. The molecule has 2 saturated heterocycles. The standard InChI is InChI=1S/C9H13NO2/c11-9(6-1-2-6)10-4-8-3-7(10)5-12-8/h6-8H,1-5H2/t7-,8+/m0/s1. The summed E-state index contributed by atoms with van der Waals surface area (Å²) < 4.78 is 5.44. The first-order chi connectivity index (χ1) is 5.84. The van der Waals surface area contributed by atoms with Crippen molar-refractivity contribution in [3.05, 3.63) is 0 Å². The van der Waals surface area contributed by atoms with E-state index in [1.54, 1.807) is 0 Å². The van der Waals surface area contributed by atoms with Gasteiger partial charge in [-0.3, -0.25) is 4.79 Å². The van der Waals surface area contributed by atoms with E-state index >= 15 is 0 Å². The summed E-state index contributed by atoms with van der Waals surface area (Å²) in [6.07, 6.45) is 3.68. The molecule has 0 aromatic heterocycles. The van der Waals surface area contributed by atoms with Crippen molar-refractivity contribution in [1.82, 2.24) is 4.90 Å². The fourth-order valence-corrected chi connectivity index (χ4v) is 2.23. The number of carbonyl (C=O) groups is 1. The summed E-state index contributed by atoms with van der Waals surface area (Å²) in [7, 11) is 0. The van der Waals surface area contributed by atoms with Gasteiger partial charge in [0.05, 0.1) is 18.8 Å². The van der Waals surface area contributed by atoms with Gasteiger partial charge in [-0.15, -0.1) is 0 Å². The molecule has 66 valence electrons. The Hall–Kier alpha value is -0.570. The molecule has 0 aromatic carbocycles. The van der Waals surface area contributed by atoms with Gasteiger partial charge >= 0.3 is 0 Å². The van der Waals surface area contributed by atoms with Crippen molar-refractivity contribution in [2.75, 3.05) is 13.2 Å². The molecule has 1 saturated carbocycles. The van der Waals surface area contributed by atoms with Crippen molar-refractivity contribution in [1.29, 1.82) is 0 Å². The van der Waals surface area contributed by atoms with Crippen LogP contribution in [0.2, 0.25) is 0 Å². The van der Waals surface area contributed by atoms with E-state index in [0.717, 1.165) is 32.4 Å². The molecule has 3 fully saturated rings. The Bertz CT molecular complexity index is 225. The molecule has 1 amide bonds. The van der Waals surface area contributed by atoms with E-state index in [1.165, 1.54) is 0 Å². The second-order valence-corrected chi connectivity index (χ2v) is 4.11. The average molecular weight is 167 g/mol. The van der Waals surface area contributed by atoms with Gasteiger partial charge in [-0.25, -0.2) is 0 Å². The summed E-state index contributed by atoms with van der Waals surface area (Å²) in [5.74, 6) is 0.773. The molecule has 2 heterocycles. The van der Waals surface area contributed by atoms with Crippen LogP contribution in [0, 0.1) is 5.92 Å². The van der Waals surface area contributed by atoms with Gasteiger partial charge in [0.2, 0.25) is 5.91 Å². The second kappa shape index (κ2) is 2.22.